The number of nitrogens with zero attached hydrogens (tertiary/aromatic N) is 1. The van der Waals surface area contributed by atoms with E-state index in [0.717, 1.165) is 34.9 Å². The van der Waals surface area contributed by atoms with Gasteiger partial charge in [-0.3, -0.25) is 4.79 Å². The number of hydrogen-bond acceptors (Lipinski definition) is 3. The summed E-state index contributed by atoms with van der Waals surface area (Å²) in [6, 6.07) is 20.0. The molecule has 2 aromatic carbocycles. The second kappa shape index (κ2) is 9.16. The predicted octanol–water partition coefficient (Wildman–Crippen LogP) is 4.90. The van der Waals surface area contributed by atoms with Crippen molar-refractivity contribution in [2.24, 2.45) is 0 Å². The Morgan fingerprint density at radius 2 is 1.70 bits per heavy atom. The van der Waals surface area contributed by atoms with Gasteiger partial charge in [0.15, 0.2) is 0 Å². The van der Waals surface area contributed by atoms with Gasteiger partial charge < -0.3 is 10.1 Å². The van der Waals surface area contributed by atoms with Crippen molar-refractivity contribution in [3.05, 3.63) is 70.2 Å². The number of hydrogen-bond donors (Lipinski definition) is 1. The van der Waals surface area contributed by atoms with Crippen molar-refractivity contribution in [2.75, 3.05) is 6.54 Å². The molecule has 0 bridgehead atoms. The average molecular weight is 427 g/mol. The molecule has 1 aliphatic carbocycles. The summed E-state index contributed by atoms with van der Waals surface area (Å²) in [5.41, 5.74) is 1.11. The number of rotatable bonds is 6. The third kappa shape index (κ3) is 4.77. The highest BCUT2D eigenvalue weighted by atomic mass is 79.9. The summed E-state index contributed by atoms with van der Waals surface area (Å²) in [4.78, 5) is 12.9. The Hall–Kier alpha value is -2.16. The van der Waals surface area contributed by atoms with Crippen molar-refractivity contribution in [1.82, 2.24) is 5.32 Å². The topological polar surface area (TPSA) is 62.1 Å². The first kappa shape index (κ1) is 19.6. The Labute approximate surface area is 168 Å². The quantitative estimate of drug-likeness (QED) is 0.668. The highest BCUT2D eigenvalue weighted by molar-refractivity contribution is 9.10. The Morgan fingerprint density at radius 3 is 2.33 bits per heavy atom. The molecule has 4 nitrogen and oxygen atoms in total. The van der Waals surface area contributed by atoms with Crippen molar-refractivity contribution >= 4 is 21.8 Å². The first-order valence-corrected chi connectivity index (χ1v) is 10.1. The van der Waals surface area contributed by atoms with Crippen molar-refractivity contribution in [1.29, 1.82) is 5.26 Å². The van der Waals surface area contributed by atoms with Crippen molar-refractivity contribution in [3.63, 3.8) is 0 Å². The minimum absolute atomic E-state index is 0.00176. The van der Waals surface area contributed by atoms with E-state index < -0.39 is 5.60 Å². The number of amides is 1. The van der Waals surface area contributed by atoms with Crippen LogP contribution in [0.4, 0.5) is 0 Å². The molecule has 140 valence electrons. The highest BCUT2D eigenvalue weighted by Crippen LogP contribution is 2.39. The van der Waals surface area contributed by atoms with E-state index in [1.807, 2.05) is 60.7 Å². The van der Waals surface area contributed by atoms with Crippen LogP contribution < -0.4 is 5.32 Å². The summed E-state index contributed by atoms with van der Waals surface area (Å²) in [6.07, 6.45) is 3.99. The summed E-state index contributed by atoms with van der Waals surface area (Å²) in [6.45, 7) is -0.00176. The van der Waals surface area contributed by atoms with Gasteiger partial charge in [-0.15, -0.1) is 0 Å². The number of benzene rings is 2. The fraction of sp³-hybridized carbons (Fsp3) is 0.364. The van der Waals surface area contributed by atoms with Gasteiger partial charge in [-0.1, -0.05) is 77.7 Å². The molecule has 27 heavy (non-hydrogen) atoms. The van der Waals surface area contributed by atoms with Crippen molar-refractivity contribution < 1.29 is 9.53 Å². The maximum absolute atomic E-state index is 12.9. The minimum atomic E-state index is -0.900. The Balaban J connectivity index is 1.96. The summed E-state index contributed by atoms with van der Waals surface area (Å²) < 4.78 is 7.61. The Morgan fingerprint density at radius 1 is 1.07 bits per heavy atom. The van der Waals surface area contributed by atoms with E-state index >= 15 is 0 Å². The van der Waals surface area contributed by atoms with E-state index in [4.69, 9.17) is 10.00 Å². The predicted molar refractivity (Wildman–Crippen MR) is 108 cm³/mol. The van der Waals surface area contributed by atoms with Crippen LogP contribution in [0.5, 0.6) is 0 Å². The van der Waals surface area contributed by atoms with Crippen LogP contribution in [-0.2, 0) is 9.53 Å². The highest BCUT2D eigenvalue weighted by Gasteiger charge is 2.43. The normalized spacial score (nSPS) is 16.9. The smallest absolute Gasteiger partial charge is 0.253 e. The van der Waals surface area contributed by atoms with Crippen molar-refractivity contribution in [2.45, 2.75) is 43.8 Å². The Kier molecular flexibility index (Phi) is 6.65. The molecule has 1 amide bonds. The summed E-state index contributed by atoms with van der Waals surface area (Å²) >= 11 is 3.48. The molecule has 2 aromatic rings. The lowest BCUT2D eigenvalue weighted by Crippen LogP contribution is -2.51. The maximum Gasteiger partial charge on any atom is 0.253 e. The molecule has 5 heteroatoms. The molecule has 1 saturated carbocycles. The number of carbonyl (C=O) groups excluding carboxylic acids is 1. The molecule has 0 aliphatic heterocycles. The number of nitrogens with one attached hydrogen (secondary N) is 1. The number of halogens is 1. The SMILES string of the molecule is N#CCNC(=O)C1(O[C@H](c2ccccc2)c2ccc(Br)cc2)CCCCC1. The average Bonchev–Trinajstić information content (AvgIpc) is 2.72. The van der Waals surface area contributed by atoms with E-state index in [0.29, 0.717) is 12.8 Å². The second-order valence-corrected chi connectivity index (χ2v) is 7.77. The third-order valence-corrected chi connectivity index (χ3v) is 5.55. The largest absolute Gasteiger partial charge is 0.352 e. The lowest BCUT2D eigenvalue weighted by atomic mass is 9.83. The first-order valence-electron chi connectivity index (χ1n) is 9.28. The fourth-order valence-electron chi connectivity index (χ4n) is 3.62. The van der Waals surface area contributed by atoms with E-state index in [1.165, 1.54) is 0 Å². The Bertz CT molecular complexity index is 793. The van der Waals surface area contributed by atoms with Gasteiger partial charge in [0.2, 0.25) is 0 Å². The van der Waals surface area contributed by atoms with Gasteiger partial charge in [0.05, 0.1) is 6.07 Å². The van der Waals surface area contributed by atoms with Gasteiger partial charge in [-0.25, -0.2) is 0 Å². The van der Waals surface area contributed by atoms with Gasteiger partial charge in [-0.05, 0) is 36.1 Å². The van der Waals surface area contributed by atoms with E-state index in [1.54, 1.807) is 0 Å². The monoisotopic (exact) mass is 426 g/mol. The molecule has 0 saturated heterocycles. The van der Waals surface area contributed by atoms with Gasteiger partial charge in [0, 0.05) is 4.47 Å². The van der Waals surface area contributed by atoms with Crippen LogP contribution in [0, 0.1) is 11.3 Å². The van der Waals surface area contributed by atoms with Crippen LogP contribution in [0.2, 0.25) is 0 Å². The first-order chi connectivity index (χ1) is 13.1. The molecule has 1 fully saturated rings. The molecular weight excluding hydrogens is 404 g/mol. The fourth-order valence-corrected chi connectivity index (χ4v) is 3.89. The third-order valence-electron chi connectivity index (χ3n) is 5.02. The van der Waals surface area contributed by atoms with E-state index in [2.05, 4.69) is 21.2 Å². The molecule has 0 spiro atoms. The van der Waals surface area contributed by atoms with Gasteiger partial charge >= 0.3 is 0 Å². The van der Waals surface area contributed by atoms with Crippen LogP contribution in [0.1, 0.15) is 49.3 Å². The minimum Gasteiger partial charge on any atom is -0.352 e. The maximum atomic E-state index is 12.9. The van der Waals surface area contributed by atoms with Gasteiger partial charge in [0.1, 0.15) is 18.2 Å². The van der Waals surface area contributed by atoms with Crippen LogP contribution in [0.25, 0.3) is 0 Å². The molecule has 1 atom stereocenters. The summed E-state index contributed by atoms with van der Waals surface area (Å²) in [7, 11) is 0. The van der Waals surface area contributed by atoms with Crippen molar-refractivity contribution in [3.8, 4) is 6.07 Å². The lowest BCUT2D eigenvalue weighted by molar-refractivity contribution is -0.159. The molecule has 0 aromatic heterocycles. The summed E-state index contributed by atoms with van der Waals surface area (Å²) in [5.74, 6) is -0.179. The van der Waals surface area contributed by atoms with Gasteiger partial charge in [0.25, 0.3) is 5.91 Å². The van der Waals surface area contributed by atoms with E-state index in [9.17, 15) is 4.79 Å². The molecule has 3 rings (SSSR count). The zero-order valence-electron chi connectivity index (χ0n) is 15.2. The molecule has 1 N–H and O–H groups in total. The second-order valence-electron chi connectivity index (χ2n) is 6.86. The number of carbonyl (C=O) groups is 1. The number of nitriles is 1. The standard InChI is InChI=1S/C22H23BrN2O2/c23-19-11-9-18(10-12-19)20(17-7-3-1-4-8-17)27-22(13-5-2-6-14-22)21(26)25-16-15-24/h1,3-4,7-12,20H,2,5-6,13-14,16H2,(H,25,26)/t20-/m1/s1. The molecular formula is C22H23BrN2O2. The zero-order valence-corrected chi connectivity index (χ0v) is 16.7. The number of ether oxygens (including phenoxy) is 1. The zero-order chi connectivity index (χ0) is 19.1. The molecule has 1 aliphatic rings. The van der Waals surface area contributed by atoms with E-state index in [-0.39, 0.29) is 18.6 Å². The van der Waals surface area contributed by atoms with Crippen LogP contribution >= 0.6 is 15.9 Å². The summed E-state index contributed by atoms with van der Waals surface area (Å²) in [5, 5.41) is 11.6. The van der Waals surface area contributed by atoms with Crippen LogP contribution in [-0.4, -0.2) is 18.1 Å². The van der Waals surface area contributed by atoms with Crippen LogP contribution in [0.15, 0.2) is 59.1 Å². The molecule has 0 heterocycles. The lowest BCUT2D eigenvalue weighted by Gasteiger charge is -2.39. The van der Waals surface area contributed by atoms with Crippen LogP contribution in [0.3, 0.4) is 0 Å². The van der Waals surface area contributed by atoms with Gasteiger partial charge in [-0.2, -0.15) is 5.26 Å². The molecule has 0 radical (unpaired) electrons. The molecule has 0 unspecified atom stereocenters.